The highest BCUT2D eigenvalue weighted by Gasteiger charge is 2.45. The van der Waals surface area contributed by atoms with E-state index in [1.165, 1.54) is 10.9 Å². The van der Waals surface area contributed by atoms with E-state index < -0.39 is 35.3 Å². The minimum Gasteiger partial charge on any atom is -0.384 e. The second-order valence-electron chi connectivity index (χ2n) is 15.2. The topological polar surface area (TPSA) is 197 Å². The maximum absolute atomic E-state index is 13.5. The lowest BCUT2D eigenvalue weighted by atomic mass is 9.98. The number of carbonyl (C=O) groups is 4. The molecule has 2 atom stereocenters. The van der Waals surface area contributed by atoms with Gasteiger partial charge in [-0.25, -0.2) is 19.3 Å². The number of allylic oxidation sites excluding steroid dienone is 1. The zero-order chi connectivity index (χ0) is 41.4. The Kier molecular flexibility index (Phi) is 10.6. The summed E-state index contributed by atoms with van der Waals surface area (Å²) in [5.74, 6) is -1.30. The van der Waals surface area contributed by atoms with Crippen molar-refractivity contribution in [3.8, 4) is 5.82 Å². The van der Waals surface area contributed by atoms with Crippen LogP contribution in [0.3, 0.4) is 0 Å². The van der Waals surface area contributed by atoms with Gasteiger partial charge in [0.05, 0.1) is 23.4 Å². The molecule has 0 spiro atoms. The first-order valence-electron chi connectivity index (χ1n) is 20.0. The van der Waals surface area contributed by atoms with Gasteiger partial charge in [0.15, 0.2) is 11.5 Å². The Labute approximate surface area is 339 Å². The molecule has 3 aromatic heterocycles. The van der Waals surface area contributed by atoms with Crippen LogP contribution in [0.1, 0.15) is 83.8 Å². The average molecular weight is 799 g/mol. The van der Waals surface area contributed by atoms with Crippen LogP contribution in [0.2, 0.25) is 0 Å². The zero-order valence-corrected chi connectivity index (χ0v) is 33.0. The van der Waals surface area contributed by atoms with Gasteiger partial charge in [-0.05, 0) is 93.0 Å². The van der Waals surface area contributed by atoms with Gasteiger partial charge in [0, 0.05) is 49.8 Å². The van der Waals surface area contributed by atoms with Gasteiger partial charge in [0.2, 0.25) is 17.8 Å². The van der Waals surface area contributed by atoms with E-state index in [0.717, 1.165) is 54.1 Å². The molecule has 1 saturated heterocycles. The summed E-state index contributed by atoms with van der Waals surface area (Å²) in [5, 5.41) is 20.4. The average Bonchev–Trinajstić information content (AvgIpc) is 3.81. The molecule has 16 heteroatoms. The molecule has 4 N–H and O–H groups in total. The standard InChI is InChI=1S/C43H46N10O6/c1-4-23-51-39(56)30-25-45-42(49-37(30)53(51)33-18-12-26-20-21-43(59,5-2)36(26)47-33)46-27-13-15-28(16-14-27)50(3)24-8-6-7-22-44-31-11-9-10-29-35(31)41(58)52(40(29)57)32-17-19-34(54)48-38(32)55/h4,9-16,18,25,32,44,59H,1,5-8,17,19-24H2,2-3H3,(H,45,46,49)(H,48,54,55)/t32?,43-/m1/s1. The number of aromatic nitrogens is 5. The highest BCUT2D eigenvalue weighted by atomic mass is 16.3. The summed E-state index contributed by atoms with van der Waals surface area (Å²) in [5.41, 5.74) is 3.60. The van der Waals surface area contributed by atoms with Gasteiger partial charge in [-0.2, -0.15) is 4.98 Å². The number of imide groups is 2. The molecule has 16 nitrogen and oxygen atoms in total. The Morgan fingerprint density at radius 2 is 1.81 bits per heavy atom. The molecule has 1 unspecified atom stereocenters. The van der Waals surface area contributed by atoms with Gasteiger partial charge < -0.3 is 20.6 Å². The number of benzene rings is 2. The summed E-state index contributed by atoms with van der Waals surface area (Å²) in [4.78, 5) is 81.3. The van der Waals surface area contributed by atoms with E-state index >= 15 is 0 Å². The third-order valence-corrected chi connectivity index (χ3v) is 11.5. The normalized spacial score (nSPS) is 18.6. The highest BCUT2D eigenvalue weighted by Crippen LogP contribution is 2.38. The van der Waals surface area contributed by atoms with Crippen LogP contribution >= 0.6 is 0 Å². The molecular weight excluding hydrogens is 753 g/mol. The number of rotatable bonds is 15. The third-order valence-electron chi connectivity index (χ3n) is 11.5. The lowest BCUT2D eigenvalue weighted by Crippen LogP contribution is -2.54. The molecule has 5 heterocycles. The Bertz CT molecular complexity index is 2560. The fraction of sp³-hybridized carbons (Fsp3) is 0.349. The number of unbranched alkanes of at least 4 members (excludes halogenated alkanes) is 2. The molecule has 1 aliphatic carbocycles. The van der Waals surface area contributed by atoms with Crippen molar-refractivity contribution in [1.82, 2.24) is 34.5 Å². The quantitative estimate of drug-likeness (QED) is 0.0656. The van der Waals surface area contributed by atoms with Crippen LogP contribution in [-0.2, 0) is 28.2 Å². The van der Waals surface area contributed by atoms with Gasteiger partial charge in [-0.15, -0.1) is 6.58 Å². The van der Waals surface area contributed by atoms with Crippen molar-refractivity contribution in [3.05, 3.63) is 106 Å². The van der Waals surface area contributed by atoms with Gasteiger partial charge in [-0.3, -0.25) is 34.2 Å². The number of piperidine rings is 1. The van der Waals surface area contributed by atoms with Crippen molar-refractivity contribution in [3.63, 3.8) is 0 Å². The molecule has 1 fully saturated rings. The van der Waals surface area contributed by atoms with Crippen LogP contribution in [0.4, 0.5) is 23.0 Å². The number of anilines is 4. The van der Waals surface area contributed by atoms with E-state index in [1.807, 2.05) is 50.4 Å². The number of pyridine rings is 1. The van der Waals surface area contributed by atoms with E-state index in [0.29, 0.717) is 53.6 Å². The second kappa shape index (κ2) is 15.9. The van der Waals surface area contributed by atoms with Gasteiger partial charge in [-0.1, -0.05) is 25.1 Å². The van der Waals surface area contributed by atoms with Crippen molar-refractivity contribution in [2.75, 3.05) is 35.7 Å². The number of hydrogen-bond acceptors (Lipinski definition) is 12. The highest BCUT2D eigenvalue weighted by molar-refractivity contribution is 6.25. The van der Waals surface area contributed by atoms with Crippen LogP contribution in [0.25, 0.3) is 16.9 Å². The summed E-state index contributed by atoms with van der Waals surface area (Å²) in [7, 11) is 2.03. The smallest absolute Gasteiger partial charge is 0.278 e. The van der Waals surface area contributed by atoms with Crippen molar-refractivity contribution in [2.45, 2.75) is 76.5 Å². The molecule has 4 amide bonds. The summed E-state index contributed by atoms with van der Waals surface area (Å²) in [6.45, 7) is 7.41. The molecule has 0 radical (unpaired) electrons. The number of amides is 4. The monoisotopic (exact) mass is 798 g/mol. The van der Waals surface area contributed by atoms with Crippen molar-refractivity contribution in [2.24, 2.45) is 0 Å². The Morgan fingerprint density at radius 3 is 2.58 bits per heavy atom. The lowest BCUT2D eigenvalue weighted by Gasteiger charge is -2.27. The second-order valence-corrected chi connectivity index (χ2v) is 15.2. The van der Waals surface area contributed by atoms with Crippen LogP contribution < -0.4 is 26.4 Å². The number of carbonyl (C=O) groups excluding carboxylic acids is 4. The summed E-state index contributed by atoms with van der Waals surface area (Å²) in [6, 6.07) is 15.8. The largest absolute Gasteiger partial charge is 0.384 e. The molecule has 0 bridgehead atoms. The fourth-order valence-electron chi connectivity index (χ4n) is 8.21. The minimum atomic E-state index is -1.01. The van der Waals surface area contributed by atoms with Gasteiger partial charge in [0.25, 0.3) is 17.4 Å². The van der Waals surface area contributed by atoms with E-state index in [-0.39, 0.29) is 36.1 Å². The molecule has 2 aromatic carbocycles. The first-order chi connectivity index (χ1) is 28.5. The van der Waals surface area contributed by atoms with Crippen molar-refractivity contribution >= 4 is 57.7 Å². The Balaban J connectivity index is 0.866. The molecular formula is C43H46N10O6. The molecule has 3 aliphatic rings. The minimum absolute atomic E-state index is 0.0705. The molecule has 59 heavy (non-hydrogen) atoms. The number of fused-ring (bicyclic) bond motifs is 3. The van der Waals surface area contributed by atoms with E-state index in [4.69, 9.17) is 9.97 Å². The first kappa shape index (κ1) is 39.2. The van der Waals surface area contributed by atoms with Gasteiger partial charge >= 0.3 is 0 Å². The number of nitrogens with zero attached hydrogens (tertiary/aromatic N) is 7. The van der Waals surface area contributed by atoms with E-state index in [9.17, 15) is 29.1 Å². The van der Waals surface area contributed by atoms with E-state index in [2.05, 4.69) is 32.4 Å². The number of nitrogens with one attached hydrogen (secondary N) is 3. The summed E-state index contributed by atoms with van der Waals surface area (Å²) >= 11 is 0. The molecule has 304 valence electrons. The SMILES string of the molecule is C=CCn1c(=O)c2cnc(Nc3ccc(N(C)CCCCCNc4cccc5c4C(=O)N(C4CCC(=O)NC4=O)C5=O)cc3)nc2n1-c1ccc2c(n1)[C@@](O)(CC)CC2. The predicted octanol–water partition coefficient (Wildman–Crippen LogP) is 4.57. The van der Waals surface area contributed by atoms with Crippen LogP contribution in [0.15, 0.2) is 78.2 Å². The van der Waals surface area contributed by atoms with Crippen LogP contribution in [0, 0.1) is 0 Å². The first-order valence-corrected chi connectivity index (χ1v) is 20.0. The molecule has 0 saturated carbocycles. The summed E-state index contributed by atoms with van der Waals surface area (Å²) in [6.07, 6.45) is 7.89. The number of hydrogen-bond donors (Lipinski definition) is 4. The maximum atomic E-state index is 13.5. The Hall–Kier alpha value is -6.68. The van der Waals surface area contributed by atoms with E-state index in [1.54, 1.807) is 29.0 Å². The lowest BCUT2D eigenvalue weighted by molar-refractivity contribution is -0.136. The maximum Gasteiger partial charge on any atom is 0.278 e. The predicted molar refractivity (Wildman–Crippen MR) is 222 cm³/mol. The molecule has 2 aliphatic heterocycles. The number of aryl methyl sites for hydroxylation is 1. The van der Waals surface area contributed by atoms with Crippen molar-refractivity contribution in [1.29, 1.82) is 0 Å². The molecule has 5 aromatic rings. The molecule has 8 rings (SSSR count). The van der Waals surface area contributed by atoms with Gasteiger partial charge in [0.1, 0.15) is 17.0 Å². The fourth-order valence-corrected chi connectivity index (χ4v) is 8.21. The Morgan fingerprint density at radius 1 is 1.00 bits per heavy atom. The summed E-state index contributed by atoms with van der Waals surface area (Å²) < 4.78 is 3.19. The number of aliphatic hydroxyl groups is 1. The third kappa shape index (κ3) is 7.24. The van der Waals surface area contributed by atoms with Crippen molar-refractivity contribution < 1.29 is 24.3 Å². The zero-order valence-electron chi connectivity index (χ0n) is 33.0. The van der Waals surface area contributed by atoms with Crippen LogP contribution in [0.5, 0.6) is 0 Å². The van der Waals surface area contributed by atoms with Crippen LogP contribution in [-0.4, -0.2) is 84.1 Å².